The van der Waals surface area contributed by atoms with Crippen molar-refractivity contribution in [1.82, 2.24) is 5.32 Å². The van der Waals surface area contributed by atoms with E-state index in [1.807, 2.05) is 30.3 Å². The molecule has 0 aliphatic heterocycles. The van der Waals surface area contributed by atoms with Gasteiger partial charge in [-0.25, -0.2) is 0 Å². The van der Waals surface area contributed by atoms with Crippen molar-refractivity contribution in [2.75, 3.05) is 6.61 Å². The van der Waals surface area contributed by atoms with Gasteiger partial charge in [0.1, 0.15) is 17.4 Å². The SMILES string of the molecule is CC(C)COc1ccc(/C=C(\C#N)C(=O)N[C@@H]2CCCC[C@H]2C)cc1. The topological polar surface area (TPSA) is 62.1 Å². The lowest BCUT2D eigenvalue weighted by Gasteiger charge is -2.29. The minimum absolute atomic E-state index is 0.147. The molecule has 1 aromatic carbocycles. The number of nitrogens with one attached hydrogen (secondary N) is 1. The first-order valence-electron chi connectivity index (χ1n) is 9.15. The Kier molecular flexibility index (Phi) is 7.06. The molecule has 1 saturated carbocycles. The maximum Gasteiger partial charge on any atom is 0.262 e. The van der Waals surface area contributed by atoms with Crippen molar-refractivity contribution in [1.29, 1.82) is 5.26 Å². The van der Waals surface area contributed by atoms with Gasteiger partial charge in [-0.2, -0.15) is 5.26 Å². The zero-order valence-electron chi connectivity index (χ0n) is 15.4. The van der Waals surface area contributed by atoms with E-state index in [4.69, 9.17) is 4.74 Å². The molecule has 1 amide bonds. The van der Waals surface area contributed by atoms with Crippen LogP contribution in [0.15, 0.2) is 29.8 Å². The number of hydrogen-bond donors (Lipinski definition) is 1. The van der Waals surface area contributed by atoms with E-state index in [0.717, 1.165) is 30.6 Å². The van der Waals surface area contributed by atoms with Crippen molar-refractivity contribution in [3.8, 4) is 11.8 Å². The average Bonchev–Trinajstić information content (AvgIpc) is 2.60. The smallest absolute Gasteiger partial charge is 0.262 e. The molecule has 0 heterocycles. The average molecular weight is 340 g/mol. The lowest BCUT2D eigenvalue weighted by atomic mass is 9.86. The summed E-state index contributed by atoms with van der Waals surface area (Å²) in [4.78, 5) is 12.4. The Morgan fingerprint density at radius 1 is 1.32 bits per heavy atom. The van der Waals surface area contributed by atoms with Gasteiger partial charge in [0.2, 0.25) is 0 Å². The Bertz CT molecular complexity index is 641. The molecule has 4 heteroatoms. The van der Waals surface area contributed by atoms with E-state index in [1.165, 1.54) is 6.42 Å². The summed E-state index contributed by atoms with van der Waals surface area (Å²) < 4.78 is 5.65. The predicted molar refractivity (Wildman–Crippen MR) is 99.9 cm³/mol. The molecule has 0 bridgehead atoms. The minimum Gasteiger partial charge on any atom is -0.493 e. The van der Waals surface area contributed by atoms with Crippen LogP contribution in [-0.2, 0) is 4.79 Å². The normalized spacial score (nSPS) is 20.8. The van der Waals surface area contributed by atoms with Crippen LogP contribution in [0.5, 0.6) is 5.75 Å². The summed E-state index contributed by atoms with van der Waals surface area (Å²) >= 11 is 0. The number of nitrogens with zero attached hydrogens (tertiary/aromatic N) is 1. The van der Waals surface area contributed by atoms with Crippen LogP contribution < -0.4 is 10.1 Å². The van der Waals surface area contributed by atoms with E-state index in [9.17, 15) is 10.1 Å². The Labute approximate surface area is 150 Å². The van der Waals surface area contributed by atoms with Gasteiger partial charge >= 0.3 is 0 Å². The van der Waals surface area contributed by atoms with Gasteiger partial charge in [0, 0.05) is 6.04 Å². The summed E-state index contributed by atoms with van der Waals surface area (Å²) in [6.45, 7) is 7.03. The third kappa shape index (κ3) is 5.94. The van der Waals surface area contributed by atoms with E-state index in [-0.39, 0.29) is 17.5 Å². The molecule has 1 fully saturated rings. The second kappa shape index (κ2) is 9.27. The van der Waals surface area contributed by atoms with Crippen molar-refractivity contribution < 1.29 is 9.53 Å². The zero-order valence-corrected chi connectivity index (χ0v) is 15.4. The number of hydrogen-bond acceptors (Lipinski definition) is 3. The van der Waals surface area contributed by atoms with Crippen molar-refractivity contribution >= 4 is 12.0 Å². The van der Waals surface area contributed by atoms with Crippen LogP contribution in [0.4, 0.5) is 0 Å². The Morgan fingerprint density at radius 2 is 2.00 bits per heavy atom. The lowest BCUT2D eigenvalue weighted by Crippen LogP contribution is -2.41. The number of amides is 1. The summed E-state index contributed by atoms with van der Waals surface area (Å²) in [5.74, 6) is 1.46. The molecule has 134 valence electrons. The van der Waals surface area contributed by atoms with Gasteiger partial charge < -0.3 is 10.1 Å². The highest BCUT2D eigenvalue weighted by atomic mass is 16.5. The fraction of sp³-hybridized carbons (Fsp3) is 0.524. The molecule has 2 rings (SSSR count). The van der Waals surface area contributed by atoms with Crippen LogP contribution in [0, 0.1) is 23.2 Å². The molecule has 1 aliphatic rings. The van der Waals surface area contributed by atoms with Gasteiger partial charge in [-0.15, -0.1) is 0 Å². The molecule has 1 N–H and O–H groups in total. The van der Waals surface area contributed by atoms with Gasteiger partial charge in [0.15, 0.2) is 0 Å². The molecule has 0 spiro atoms. The molecule has 0 radical (unpaired) electrons. The molecule has 1 aromatic rings. The summed E-state index contributed by atoms with van der Waals surface area (Å²) in [6, 6.07) is 9.66. The minimum atomic E-state index is -0.276. The lowest BCUT2D eigenvalue weighted by molar-refractivity contribution is -0.118. The Morgan fingerprint density at radius 3 is 2.60 bits per heavy atom. The van der Waals surface area contributed by atoms with E-state index in [0.29, 0.717) is 18.4 Å². The second-order valence-electron chi connectivity index (χ2n) is 7.29. The molecular weight excluding hydrogens is 312 g/mol. The molecule has 0 unspecified atom stereocenters. The van der Waals surface area contributed by atoms with Crippen LogP contribution in [-0.4, -0.2) is 18.6 Å². The number of rotatable bonds is 6. The molecule has 0 saturated heterocycles. The van der Waals surface area contributed by atoms with Gasteiger partial charge in [0.05, 0.1) is 6.61 Å². The highest BCUT2D eigenvalue weighted by Crippen LogP contribution is 2.24. The van der Waals surface area contributed by atoms with Gasteiger partial charge in [0.25, 0.3) is 5.91 Å². The van der Waals surface area contributed by atoms with Crippen molar-refractivity contribution in [3.63, 3.8) is 0 Å². The van der Waals surface area contributed by atoms with Crippen LogP contribution >= 0.6 is 0 Å². The van der Waals surface area contributed by atoms with Crippen LogP contribution in [0.2, 0.25) is 0 Å². The number of ether oxygens (including phenoxy) is 1. The highest BCUT2D eigenvalue weighted by molar-refractivity contribution is 6.01. The molecule has 25 heavy (non-hydrogen) atoms. The monoisotopic (exact) mass is 340 g/mol. The summed E-state index contributed by atoms with van der Waals surface area (Å²) in [5.41, 5.74) is 0.967. The van der Waals surface area contributed by atoms with Gasteiger partial charge in [-0.1, -0.05) is 45.7 Å². The molecule has 4 nitrogen and oxygen atoms in total. The van der Waals surface area contributed by atoms with Crippen LogP contribution in [0.1, 0.15) is 52.0 Å². The third-order valence-electron chi connectivity index (χ3n) is 4.57. The molecule has 1 aliphatic carbocycles. The van der Waals surface area contributed by atoms with Crippen molar-refractivity contribution in [2.45, 2.75) is 52.5 Å². The Balaban J connectivity index is 2.01. The van der Waals surface area contributed by atoms with E-state index < -0.39 is 0 Å². The number of carbonyl (C=O) groups excluding carboxylic acids is 1. The first-order chi connectivity index (χ1) is 12.0. The summed E-state index contributed by atoms with van der Waals surface area (Å²) in [7, 11) is 0. The summed E-state index contributed by atoms with van der Waals surface area (Å²) in [5, 5.41) is 12.4. The number of carbonyl (C=O) groups is 1. The largest absolute Gasteiger partial charge is 0.493 e. The Hall–Kier alpha value is -2.28. The van der Waals surface area contributed by atoms with Gasteiger partial charge in [-0.05, 0) is 48.4 Å². The number of benzene rings is 1. The van der Waals surface area contributed by atoms with Gasteiger partial charge in [-0.3, -0.25) is 4.79 Å². The van der Waals surface area contributed by atoms with E-state index in [1.54, 1.807) is 6.08 Å². The quantitative estimate of drug-likeness (QED) is 0.619. The van der Waals surface area contributed by atoms with Crippen LogP contribution in [0.3, 0.4) is 0 Å². The van der Waals surface area contributed by atoms with E-state index >= 15 is 0 Å². The zero-order chi connectivity index (χ0) is 18.2. The van der Waals surface area contributed by atoms with Crippen molar-refractivity contribution in [2.24, 2.45) is 11.8 Å². The highest BCUT2D eigenvalue weighted by Gasteiger charge is 2.23. The predicted octanol–water partition coefficient (Wildman–Crippen LogP) is 4.32. The van der Waals surface area contributed by atoms with E-state index in [2.05, 4.69) is 26.1 Å². The summed E-state index contributed by atoms with van der Waals surface area (Å²) in [6.07, 6.45) is 6.12. The maximum absolute atomic E-state index is 12.4. The van der Waals surface area contributed by atoms with Crippen LogP contribution in [0.25, 0.3) is 6.08 Å². The molecule has 2 atom stereocenters. The fourth-order valence-corrected chi connectivity index (χ4v) is 3.02. The van der Waals surface area contributed by atoms with Crippen molar-refractivity contribution in [3.05, 3.63) is 35.4 Å². The third-order valence-corrected chi connectivity index (χ3v) is 4.57. The maximum atomic E-state index is 12.4. The number of nitriles is 1. The first kappa shape index (κ1) is 19.1. The second-order valence-corrected chi connectivity index (χ2v) is 7.29. The molecule has 0 aromatic heterocycles. The standard InChI is InChI=1S/C21H28N2O2/c1-15(2)14-25-19-10-8-17(9-11-19)12-18(13-22)21(24)23-20-7-5-4-6-16(20)3/h8-12,15-16,20H,4-7,14H2,1-3H3,(H,23,24)/b18-12+/t16-,20-/m1/s1. The molecular formula is C21H28N2O2. The fourth-order valence-electron chi connectivity index (χ4n) is 3.02. The first-order valence-corrected chi connectivity index (χ1v) is 9.15.